The van der Waals surface area contributed by atoms with Gasteiger partial charge in [0.1, 0.15) is 6.10 Å². The number of nitrogens with two attached hydrogens (primary N) is 1. The van der Waals surface area contributed by atoms with E-state index in [0.29, 0.717) is 24.4 Å². The van der Waals surface area contributed by atoms with Gasteiger partial charge in [0, 0.05) is 12.8 Å². The monoisotopic (exact) mass is 596 g/mol. The van der Waals surface area contributed by atoms with Crippen LogP contribution in [0.5, 0.6) is 5.88 Å². The van der Waals surface area contributed by atoms with Crippen molar-refractivity contribution in [3.05, 3.63) is 54.8 Å². The van der Waals surface area contributed by atoms with Gasteiger partial charge >= 0.3 is 11.9 Å². The van der Waals surface area contributed by atoms with E-state index in [9.17, 15) is 23.2 Å². The third-order valence-electron chi connectivity index (χ3n) is 8.68. The molecule has 5 rings (SSSR count). The SMILES string of the molecule is C=CC(F)(F)c1nc2ccccc2nc1O[C@@H]1C[C@H]2C(=O)C[C@]3(C(=O)OCC)C[C@H]3/C=C\CCCCC[C@H](N)C(=O)N2C1. The summed E-state index contributed by atoms with van der Waals surface area (Å²) >= 11 is 0. The molecule has 1 aliphatic carbocycles. The number of para-hydroxylation sites is 2. The van der Waals surface area contributed by atoms with Gasteiger partial charge in [0.2, 0.25) is 11.8 Å². The number of Topliss-reactive ketones (excluding diaryl/α,β-unsaturated/α-hetero) is 1. The number of alkyl halides is 2. The number of ether oxygens (including phenoxy) is 2. The highest BCUT2D eigenvalue weighted by Gasteiger charge is 2.61. The number of nitrogens with zero attached hydrogens (tertiary/aromatic N) is 3. The van der Waals surface area contributed by atoms with Crippen LogP contribution in [0.2, 0.25) is 0 Å². The zero-order valence-electron chi connectivity index (χ0n) is 24.3. The fourth-order valence-corrected chi connectivity index (χ4v) is 6.17. The highest BCUT2D eigenvalue weighted by atomic mass is 19.3. The van der Waals surface area contributed by atoms with E-state index in [0.717, 1.165) is 25.7 Å². The number of fused-ring (bicyclic) bond motifs is 3. The van der Waals surface area contributed by atoms with Crippen molar-refractivity contribution < 1.29 is 32.6 Å². The van der Waals surface area contributed by atoms with Crippen LogP contribution in [0, 0.1) is 11.3 Å². The Morgan fingerprint density at radius 1 is 1.21 bits per heavy atom. The molecule has 1 saturated carbocycles. The van der Waals surface area contributed by atoms with Gasteiger partial charge in [-0.15, -0.1) is 0 Å². The normalized spacial score (nSPS) is 29.2. The Morgan fingerprint density at radius 3 is 2.67 bits per heavy atom. The maximum Gasteiger partial charge on any atom is 0.313 e. The molecule has 3 aliphatic rings. The predicted octanol–water partition coefficient (Wildman–Crippen LogP) is 4.63. The minimum absolute atomic E-state index is 0.0321. The first-order valence-corrected chi connectivity index (χ1v) is 15.0. The molecule has 9 nitrogen and oxygen atoms in total. The first-order chi connectivity index (χ1) is 20.6. The molecule has 11 heteroatoms. The van der Waals surface area contributed by atoms with Gasteiger partial charge in [0.15, 0.2) is 11.5 Å². The molecule has 1 saturated heterocycles. The van der Waals surface area contributed by atoms with Crippen molar-refractivity contribution >= 4 is 28.7 Å². The van der Waals surface area contributed by atoms with Gasteiger partial charge in [-0.3, -0.25) is 14.4 Å². The zero-order valence-corrected chi connectivity index (χ0v) is 24.3. The van der Waals surface area contributed by atoms with Crippen molar-refractivity contribution in [3.63, 3.8) is 0 Å². The maximum absolute atomic E-state index is 14.9. The van der Waals surface area contributed by atoms with Crippen LogP contribution in [0.4, 0.5) is 8.78 Å². The number of halogens is 2. The maximum atomic E-state index is 14.9. The van der Waals surface area contributed by atoms with Crippen LogP contribution >= 0.6 is 0 Å². The number of aromatic nitrogens is 2. The minimum Gasteiger partial charge on any atom is -0.471 e. The first-order valence-electron chi connectivity index (χ1n) is 15.0. The van der Waals surface area contributed by atoms with E-state index in [1.54, 1.807) is 31.2 Å². The summed E-state index contributed by atoms with van der Waals surface area (Å²) in [6.45, 7) is 5.10. The average Bonchev–Trinajstić information content (AvgIpc) is 3.52. The first kappa shape index (κ1) is 30.7. The van der Waals surface area contributed by atoms with Gasteiger partial charge in [-0.05, 0) is 56.7 Å². The Balaban J connectivity index is 1.46. The number of hydrogen-bond acceptors (Lipinski definition) is 8. The number of ketones is 1. The quantitative estimate of drug-likeness (QED) is 0.378. The molecule has 2 aliphatic heterocycles. The number of amides is 1. The summed E-state index contributed by atoms with van der Waals surface area (Å²) in [5, 5.41) is 0. The molecule has 1 aromatic carbocycles. The number of allylic oxidation sites excluding steroid dienone is 3. The number of hydrogen-bond donors (Lipinski definition) is 1. The van der Waals surface area contributed by atoms with Crippen LogP contribution in [-0.4, -0.2) is 63.9 Å². The van der Waals surface area contributed by atoms with Gasteiger partial charge in [0.05, 0.1) is 41.7 Å². The van der Waals surface area contributed by atoms with E-state index >= 15 is 0 Å². The second-order valence-electron chi connectivity index (χ2n) is 11.7. The lowest BCUT2D eigenvalue weighted by atomic mass is 9.91. The number of carbonyl (C=O) groups excluding carboxylic acids is 3. The summed E-state index contributed by atoms with van der Waals surface area (Å²) in [4.78, 5) is 50.4. The van der Waals surface area contributed by atoms with Crippen LogP contribution in [0.3, 0.4) is 0 Å². The summed E-state index contributed by atoms with van der Waals surface area (Å²) < 4.78 is 41.3. The molecule has 0 radical (unpaired) electrons. The topological polar surface area (TPSA) is 125 Å². The molecular formula is C32H38F2N4O5. The minimum atomic E-state index is -3.54. The fourth-order valence-electron chi connectivity index (χ4n) is 6.17. The Hall–Kier alpha value is -3.73. The molecule has 1 amide bonds. The Morgan fingerprint density at radius 2 is 1.95 bits per heavy atom. The van der Waals surface area contributed by atoms with Crippen LogP contribution in [0.1, 0.15) is 64.0 Å². The lowest BCUT2D eigenvalue weighted by Gasteiger charge is -2.27. The van der Waals surface area contributed by atoms with Crippen molar-refractivity contribution in [3.8, 4) is 5.88 Å². The summed E-state index contributed by atoms with van der Waals surface area (Å²) in [5.74, 6) is -5.20. The Labute approximate surface area is 249 Å². The molecule has 43 heavy (non-hydrogen) atoms. The fraction of sp³-hybridized carbons (Fsp3) is 0.531. The summed E-state index contributed by atoms with van der Waals surface area (Å²) in [6.07, 6.45) is 7.93. The highest BCUT2D eigenvalue weighted by molar-refractivity contribution is 5.95. The molecule has 2 N–H and O–H groups in total. The second kappa shape index (κ2) is 12.5. The molecule has 1 aromatic heterocycles. The lowest BCUT2D eigenvalue weighted by molar-refractivity contribution is -0.152. The number of rotatable bonds is 6. The van der Waals surface area contributed by atoms with Crippen LogP contribution in [0.25, 0.3) is 11.0 Å². The summed E-state index contributed by atoms with van der Waals surface area (Å²) in [5.41, 5.74) is 5.24. The van der Waals surface area contributed by atoms with E-state index in [1.165, 1.54) is 4.90 Å². The third-order valence-corrected chi connectivity index (χ3v) is 8.68. The molecule has 0 unspecified atom stereocenters. The van der Waals surface area contributed by atoms with Gasteiger partial charge in [-0.2, -0.15) is 8.78 Å². The smallest absolute Gasteiger partial charge is 0.313 e. The van der Waals surface area contributed by atoms with Gasteiger partial charge in [0.25, 0.3) is 0 Å². The Bertz CT molecular complexity index is 1430. The van der Waals surface area contributed by atoms with Crippen molar-refractivity contribution in [1.82, 2.24) is 14.9 Å². The lowest BCUT2D eigenvalue weighted by Crippen LogP contribution is -2.49. The standard InChI is InChI=1S/C32H38F2N4O5/c1-3-32(33,34)27-28(37-24-15-11-10-14-23(24)36-27)43-21-16-25-26(39)18-31(30(41)42-4-2)17-20(31)12-8-6-5-7-9-13-22(35)29(40)38(25)19-21/h3,8,10-12,14-15,20-22,25H,1,4-7,9,13,16-19,35H2,2H3/b12-8-/t20-,21-,22+,25+,31-/m1/s1. The predicted molar refractivity (Wildman–Crippen MR) is 155 cm³/mol. The van der Waals surface area contributed by atoms with E-state index < -0.39 is 53.0 Å². The van der Waals surface area contributed by atoms with E-state index in [-0.39, 0.29) is 43.2 Å². The molecule has 0 spiro atoms. The third kappa shape index (κ3) is 6.32. The van der Waals surface area contributed by atoms with E-state index in [4.69, 9.17) is 15.2 Å². The number of esters is 1. The highest BCUT2D eigenvalue weighted by Crippen LogP contribution is 2.57. The Kier molecular flexibility index (Phi) is 8.91. The van der Waals surface area contributed by atoms with Crippen LogP contribution in [-0.2, 0) is 25.0 Å². The van der Waals surface area contributed by atoms with Crippen LogP contribution < -0.4 is 10.5 Å². The van der Waals surface area contributed by atoms with Crippen LogP contribution in [0.15, 0.2) is 49.1 Å². The molecular weight excluding hydrogens is 558 g/mol. The van der Waals surface area contributed by atoms with E-state index in [2.05, 4.69) is 16.5 Å². The summed E-state index contributed by atoms with van der Waals surface area (Å²) in [7, 11) is 0. The van der Waals surface area contributed by atoms with Gasteiger partial charge < -0.3 is 20.1 Å². The molecule has 0 bridgehead atoms. The van der Waals surface area contributed by atoms with E-state index in [1.807, 2.05) is 12.2 Å². The molecule has 5 atom stereocenters. The van der Waals surface area contributed by atoms with Crippen molar-refractivity contribution in [2.45, 2.75) is 82.4 Å². The van der Waals surface area contributed by atoms with Crippen molar-refractivity contribution in [2.24, 2.45) is 17.1 Å². The largest absolute Gasteiger partial charge is 0.471 e. The summed E-state index contributed by atoms with van der Waals surface area (Å²) in [6, 6.07) is 4.80. The number of carbonyl (C=O) groups is 3. The molecule has 2 aromatic rings. The van der Waals surface area contributed by atoms with Crippen molar-refractivity contribution in [2.75, 3.05) is 13.2 Å². The molecule has 2 fully saturated rings. The molecule has 3 heterocycles. The van der Waals surface area contributed by atoms with Gasteiger partial charge in [-0.25, -0.2) is 9.97 Å². The zero-order chi connectivity index (χ0) is 30.8. The van der Waals surface area contributed by atoms with Crippen molar-refractivity contribution in [1.29, 1.82) is 0 Å². The van der Waals surface area contributed by atoms with Gasteiger partial charge in [-0.1, -0.05) is 43.7 Å². The number of benzene rings is 1. The second-order valence-corrected chi connectivity index (χ2v) is 11.7. The average molecular weight is 597 g/mol. The molecule has 230 valence electrons.